The van der Waals surface area contributed by atoms with E-state index in [1.165, 1.54) is 29.7 Å². The number of nitrogens with zero attached hydrogens (tertiary/aromatic N) is 4. The van der Waals surface area contributed by atoms with Crippen molar-refractivity contribution in [1.82, 2.24) is 19.9 Å². The van der Waals surface area contributed by atoms with Crippen molar-refractivity contribution in [2.75, 3.05) is 5.32 Å². The molecule has 0 fully saturated rings. The van der Waals surface area contributed by atoms with Crippen LogP contribution in [0.5, 0.6) is 11.5 Å². The zero-order chi connectivity index (χ0) is 22.6. The van der Waals surface area contributed by atoms with Crippen LogP contribution in [0.1, 0.15) is 0 Å². The van der Waals surface area contributed by atoms with Gasteiger partial charge < -0.3 is 10.1 Å². The fourth-order valence-corrected chi connectivity index (χ4v) is 4.02. The highest BCUT2D eigenvalue weighted by Crippen LogP contribution is 2.39. The number of para-hydroxylation sites is 1. The molecular weight excluding hydrogens is 444 g/mol. The zero-order valence-electron chi connectivity index (χ0n) is 16.9. The van der Waals surface area contributed by atoms with E-state index in [4.69, 9.17) is 9.72 Å². The third-order valence-corrected chi connectivity index (χ3v) is 5.53. The highest BCUT2D eigenvalue weighted by atomic mass is 32.1. The number of halogens is 2. The van der Waals surface area contributed by atoms with Gasteiger partial charge in [-0.2, -0.15) is 0 Å². The maximum atomic E-state index is 14.0. The van der Waals surface area contributed by atoms with Crippen molar-refractivity contribution in [3.8, 4) is 33.5 Å². The van der Waals surface area contributed by atoms with E-state index in [-0.39, 0.29) is 5.75 Å². The zero-order valence-corrected chi connectivity index (χ0v) is 17.8. The van der Waals surface area contributed by atoms with Gasteiger partial charge in [0, 0.05) is 24.7 Å². The fraction of sp³-hybridized carbons (Fsp3) is 0. The first kappa shape index (κ1) is 20.7. The monoisotopic (exact) mass is 459 g/mol. The van der Waals surface area contributed by atoms with Crippen molar-refractivity contribution in [2.45, 2.75) is 0 Å². The van der Waals surface area contributed by atoms with E-state index in [2.05, 4.69) is 20.3 Å². The molecule has 0 saturated heterocycles. The summed E-state index contributed by atoms with van der Waals surface area (Å²) < 4.78 is 33.6. The third-order valence-electron chi connectivity index (χ3n) is 4.54. The molecule has 0 unspecified atom stereocenters. The second kappa shape index (κ2) is 9.09. The number of ether oxygens (including phenoxy) is 1. The number of aromatic nitrogens is 4. The second-order valence-electron chi connectivity index (χ2n) is 6.78. The Morgan fingerprint density at radius 2 is 1.52 bits per heavy atom. The Hall–Kier alpha value is -4.24. The summed E-state index contributed by atoms with van der Waals surface area (Å²) in [5.74, 6) is -1.17. The molecular formula is C24H15F2N5OS. The van der Waals surface area contributed by atoms with Gasteiger partial charge in [-0.15, -0.1) is 0 Å². The summed E-state index contributed by atoms with van der Waals surface area (Å²) in [6.45, 7) is 0. The molecule has 0 amide bonds. The van der Waals surface area contributed by atoms with Gasteiger partial charge in [0.2, 0.25) is 0 Å². The van der Waals surface area contributed by atoms with E-state index in [0.717, 1.165) is 12.1 Å². The number of pyridine rings is 3. The number of hydrogen-bond acceptors (Lipinski definition) is 7. The van der Waals surface area contributed by atoms with Crippen LogP contribution in [-0.4, -0.2) is 19.9 Å². The molecule has 162 valence electrons. The summed E-state index contributed by atoms with van der Waals surface area (Å²) in [5, 5.41) is 3.78. The van der Waals surface area contributed by atoms with Gasteiger partial charge in [0.15, 0.2) is 22.5 Å². The Kier molecular flexibility index (Phi) is 5.69. The molecule has 5 aromatic rings. The van der Waals surface area contributed by atoms with Gasteiger partial charge in [-0.3, -0.25) is 9.97 Å². The Bertz CT molecular complexity index is 1380. The summed E-state index contributed by atoms with van der Waals surface area (Å²) in [6.07, 6.45) is 4.87. The second-order valence-corrected chi connectivity index (χ2v) is 7.78. The predicted octanol–water partition coefficient (Wildman–Crippen LogP) is 6.48. The van der Waals surface area contributed by atoms with Gasteiger partial charge in [-0.25, -0.2) is 18.7 Å². The van der Waals surface area contributed by atoms with Crippen molar-refractivity contribution >= 4 is 22.3 Å². The first-order chi connectivity index (χ1) is 16.2. The van der Waals surface area contributed by atoms with Gasteiger partial charge in [-0.05, 0) is 42.5 Å². The molecule has 1 aromatic carbocycles. The van der Waals surface area contributed by atoms with Gasteiger partial charge in [0.1, 0.15) is 17.3 Å². The lowest BCUT2D eigenvalue weighted by molar-refractivity contribution is 0.407. The summed E-state index contributed by atoms with van der Waals surface area (Å²) in [4.78, 5) is 18.5. The highest BCUT2D eigenvalue weighted by Gasteiger charge is 2.19. The van der Waals surface area contributed by atoms with Crippen LogP contribution in [0.4, 0.5) is 19.7 Å². The molecule has 4 aromatic heterocycles. The Morgan fingerprint density at radius 1 is 0.758 bits per heavy atom. The molecule has 0 spiro atoms. The molecule has 0 radical (unpaired) electrons. The van der Waals surface area contributed by atoms with E-state index >= 15 is 0 Å². The van der Waals surface area contributed by atoms with Crippen LogP contribution in [0.2, 0.25) is 0 Å². The van der Waals surface area contributed by atoms with Crippen LogP contribution in [0.3, 0.4) is 0 Å². The maximum absolute atomic E-state index is 14.0. The van der Waals surface area contributed by atoms with E-state index in [1.54, 1.807) is 18.5 Å². The quantitative estimate of drug-likeness (QED) is 0.313. The van der Waals surface area contributed by atoms with Crippen molar-refractivity contribution in [3.63, 3.8) is 0 Å². The Morgan fingerprint density at radius 3 is 2.24 bits per heavy atom. The normalized spacial score (nSPS) is 10.7. The number of nitrogens with one attached hydrogen (secondary N) is 1. The average molecular weight is 459 g/mol. The molecule has 0 aliphatic carbocycles. The molecule has 0 aliphatic rings. The minimum atomic E-state index is -0.790. The molecule has 9 heteroatoms. The first-order valence-electron chi connectivity index (χ1n) is 9.86. The van der Waals surface area contributed by atoms with Crippen LogP contribution >= 0.6 is 11.3 Å². The van der Waals surface area contributed by atoms with Crippen molar-refractivity contribution < 1.29 is 13.5 Å². The highest BCUT2D eigenvalue weighted by molar-refractivity contribution is 7.19. The first-order valence-corrected chi connectivity index (χ1v) is 10.7. The lowest BCUT2D eigenvalue weighted by atomic mass is 10.2. The smallest absolute Gasteiger partial charge is 0.198 e. The minimum absolute atomic E-state index is 0.239. The summed E-state index contributed by atoms with van der Waals surface area (Å²) >= 11 is 1.36. The van der Waals surface area contributed by atoms with Gasteiger partial charge in [0.05, 0.1) is 16.3 Å². The molecule has 1 N–H and O–H groups in total. The van der Waals surface area contributed by atoms with E-state index in [1.807, 2.05) is 36.4 Å². The van der Waals surface area contributed by atoms with Crippen molar-refractivity contribution in [1.29, 1.82) is 0 Å². The standard InChI is InChI=1S/C24H15F2N5OS/c25-16-6-5-7-17(26)22(16)32-15-10-13-28-19(14-15)23-21(18-8-1-3-11-27-18)31-24(33-23)30-20-9-2-4-12-29-20/h1-14H,(H,29,30,31). The number of rotatable bonds is 6. The molecule has 4 heterocycles. The van der Waals surface area contributed by atoms with Crippen LogP contribution in [0.25, 0.3) is 22.0 Å². The maximum Gasteiger partial charge on any atom is 0.198 e. The van der Waals surface area contributed by atoms with Crippen LogP contribution in [0, 0.1) is 11.6 Å². The Labute approximate surface area is 191 Å². The molecule has 0 aliphatic heterocycles. The molecule has 5 rings (SSSR count). The predicted molar refractivity (Wildman–Crippen MR) is 123 cm³/mol. The van der Waals surface area contributed by atoms with Gasteiger partial charge in [-0.1, -0.05) is 29.5 Å². The van der Waals surface area contributed by atoms with E-state index in [0.29, 0.717) is 32.9 Å². The molecule has 0 atom stereocenters. The topological polar surface area (TPSA) is 72.8 Å². The Balaban J connectivity index is 1.55. The van der Waals surface area contributed by atoms with Crippen LogP contribution in [0.15, 0.2) is 85.3 Å². The third kappa shape index (κ3) is 4.53. The summed E-state index contributed by atoms with van der Waals surface area (Å²) in [7, 11) is 0. The molecule has 6 nitrogen and oxygen atoms in total. The minimum Gasteiger partial charge on any atom is -0.451 e. The van der Waals surface area contributed by atoms with Crippen molar-refractivity contribution in [3.05, 3.63) is 97.0 Å². The van der Waals surface area contributed by atoms with Gasteiger partial charge >= 0.3 is 0 Å². The van der Waals surface area contributed by atoms with Crippen LogP contribution in [-0.2, 0) is 0 Å². The fourth-order valence-electron chi connectivity index (χ4n) is 3.07. The number of benzene rings is 1. The molecule has 33 heavy (non-hydrogen) atoms. The SMILES string of the molecule is Fc1cccc(F)c1Oc1ccnc(-c2sc(Nc3ccccn3)nc2-c2ccccn2)c1. The molecule has 0 saturated carbocycles. The summed E-state index contributed by atoms with van der Waals surface area (Å²) in [5.41, 5.74) is 1.79. The molecule has 0 bridgehead atoms. The van der Waals surface area contributed by atoms with Crippen molar-refractivity contribution in [2.24, 2.45) is 0 Å². The lowest BCUT2D eigenvalue weighted by Crippen LogP contribution is -1.93. The number of anilines is 2. The summed E-state index contributed by atoms with van der Waals surface area (Å²) in [6, 6.07) is 17.7. The van der Waals surface area contributed by atoms with E-state index < -0.39 is 17.4 Å². The number of hydrogen-bond donors (Lipinski definition) is 1. The average Bonchev–Trinajstić information content (AvgIpc) is 3.27. The van der Waals surface area contributed by atoms with E-state index in [9.17, 15) is 8.78 Å². The number of thiazole rings is 1. The van der Waals surface area contributed by atoms with Crippen LogP contribution < -0.4 is 10.1 Å². The van der Waals surface area contributed by atoms with Gasteiger partial charge in [0.25, 0.3) is 0 Å². The lowest BCUT2D eigenvalue weighted by Gasteiger charge is -2.09. The largest absolute Gasteiger partial charge is 0.451 e.